The number of carbonyl (C=O) groups excluding carboxylic acids is 1. The van der Waals surface area contributed by atoms with Crippen LogP contribution in [0.3, 0.4) is 0 Å². The molecular formula is C12H10Cl2N2O2S. The van der Waals surface area contributed by atoms with E-state index in [4.69, 9.17) is 23.2 Å². The second-order valence-electron chi connectivity index (χ2n) is 3.62. The van der Waals surface area contributed by atoms with Crippen molar-refractivity contribution < 1.29 is 9.53 Å². The third-order valence-electron chi connectivity index (χ3n) is 2.37. The largest absolute Gasteiger partial charge is 0.465 e. The van der Waals surface area contributed by atoms with Crippen LogP contribution in [0, 0.1) is 0 Å². The Bertz CT molecular complexity index is 601. The van der Waals surface area contributed by atoms with E-state index in [1.165, 1.54) is 18.4 Å². The lowest BCUT2D eigenvalue weighted by Crippen LogP contribution is -2.03. The molecule has 0 aliphatic heterocycles. The van der Waals surface area contributed by atoms with E-state index in [1.54, 1.807) is 24.4 Å². The Kier molecular flexibility index (Phi) is 4.63. The number of ether oxygens (including phenoxy) is 1. The second-order valence-corrected chi connectivity index (χ2v) is 5.72. The van der Waals surface area contributed by atoms with E-state index in [-0.39, 0.29) is 0 Å². The maximum absolute atomic E-state index is 11.3. The fraction of sp³-hybridized carbons (Fsp3) is 0.167. The van der Waals surface area contributed by atoms with Gasteiger partial charge in [0.1, 0.15) is 0 Å². The van der Waals surface area contributed by atoms with Gasteiger partial charge in [-0.1, -0.05) is 23.2 Å². The first kappa shape index (κ1) is 14.1. The topological polar surface area (TPSA) is 51.2 Å². The van der Waals surface area contributed by atoms with Crippen LogP contribution >= 0.6 is 34.5 Å². The number of nitrogens with zero attached hydrogens (tertiary/aromatic N) is 1. The van der Waals surface area contributed by atoms with Crippen LogP contribution in [-0.4, -0.2) is 18.1 Å². The van der Waals surface area contributed by atoms with Gasteiger partial charge in [-0.2, -0.15) is 0 Å². The number of methoxy groups -OCH3 is 1. The van der Waals surface area contributed by atoms with Gasteiger partial charge >= 0.3 is 5.97 Å². The molecule has 0 radical (unpaired) electrons. The minimum atomic E-state index is -0.414. The predicted octanol–water partition coefficient (Wildman–Crippen LogP) is 3.85. The van der Waals surface area contributed by atoms with Crippen molar-refractivity contribution in [3.63, 3.8) is 0 Å². The molecule has 0 amide bonds. The van der Waals surface area contributed by atoms with Crippen LogP contribution in [0.5, 0.6) is 0 Å². The van der Waals surface area contributed by atoms with Crippen molar-refractivity contribution in [2.24, 2.45) is 0 Å². The number of benzene rings is 1. The van der Waals surface area contributed by atoms with Gasteiger partial charge in [0.15, 0.2) is 4.47 Å². The number of hydrogen-bond donors (Lipinski definition) is 1. The molecule has 0 aliphatic carbocycles. The zero-order valence-corrected chi connectivity index (χ0v) is 12.3. The fourth-order valence-electron chi connectivity index (χ4n) is 1.45. The van der Waals surface area contributed by atoms with Gasteiger partial charge < -0.3 is 10.1 Å². The summed E-state index contributed by atoms with van der Waals surface area (Å²) in [6.45, 7) is 0.571. The first-order valence-corrected chi connectivity index (χ1v) is 6.89. The SMILES string of the molecule is COC(=O)c1ccc(NCc2cnc(Cl)s2)c(Cl)c1. The van der Waals surface area contributed by atoms with E-state index >= 15 is 0 Å². The summed E-state index contributed by atoms with van der Waals surface area (Å²) in [5.41, 5.74) is 1.15. The van der Waals surface area contributed by atoms with Crippen molar-refractivity contribution in [3.8, 4) is 0 Å². The van der Waals surface area contributed by atoms with E-state index in [2.05, 4.69) is 15.0 Å². The van der Waals surface area contributed by atoms with Crippen molar-refractivity contribution in [3.05, 3.63) is 44.3 Å². The molecule has 0 bridgehead atoms. The standard InChI is InChI=1S/C12H10Cl2N2O2S/c1-18-11(17)7-2-3-10(9(13)4-7)15-5-8-6-16-12(14)19-8/h2-4,6,15H,5H2,1H3. The van der Waals surface area contributed by atoms with Crippen LogP contribution < -0.4 is 5.32 Å². The number of esters is 1. The summed E-state index contributed by atoms with van der Waals surface area (Å²) in [4.78, 5) is 16.3. The highest BCUT2D eigenvalue weighted by atomic mass is 35.5. The van der Waals surface area contributed by atoms with Crippen LogP contribution in [-0.2, 0) is 11.3 Å². The lowest BCUT2D eigenvalue weighted by atomic mass is 10.2. The van der Waals surface area contributed by atoms with Crippen LogP contribution in [0.2, 0.25) is 9.49 Å². The maximum atomic E-state index is 11.3. The highest BCUT2D eigenvalue weighted by Crippen LogP contribution is 2.25. The van der Waals surface area contributed by atoms with E-state index in [9.17, 15) is 4.79 Å². The molecule has 0 fully saturated rings. The van der Waals surface area contributed by atoms with Gasteiger partial charge in [0.2, 0.25) is 0 Å². The fourth-order valence-corrected chi connectivity index (χ4v) is 2.62. The monoisotopic (exact) mass is 316 g/mol. The molecule has 2 aromatic rings. The smallest absolute Gasteiger partial charge is 0.337 e. The Morgan fingerprint density at radius 1 is 1.47 bits per heavy atom. The molecule has 0 saturated heterocycles. The molecule has 1 heterocycles. The molecule has 0 unspecified atom stereocenters. The third kappa shape index (κ3) is 3.59. The zero-order valence-electron chi connectivity index (χ0n) is 9.94. The molecule has 100 valence electrons. The Balaban J connectivity index is 2.07. The summed E-state index contributed by atoms with van der Waals surface area (Å²) in [5, 5.41) is 3.61. The highest BCUT2D eigenvalue weighted by Gasteiger charge is 2.09. The molecule has 0 spiro atoms. The van der Waals surface area contributed by atoms with E-state index < -0.39 is 5.97 Å². The van der Waals surface area contributed by atoms with Gasteiger partial charge in [0.05, 0.1) is 29.9 Å². The molecule has 0 saturated carbocycles. The quantitative estimate of drug-likeness (QED) is 0.870. The van der Waals surface area contributed by atoms with E-state index in [0.717, 1.165) is 10.6 Å². The summed E-state index contributed by atoms with van der Waals surface area (Å²) in [6.07, 6.45) is 1.71. The second kappa shape index (κ2) is 6.23. The van der Waals surface area contributed by atoms with Gasteiger partial charge in [0.25, 0.3) is 0 Å². The van der Waals surface area contributed by atoms with Gasteiger partial charge in [-0.3, -0.25) is 0 Å². The van der Waals surface area contributed by atoms with Gasteiger partial charge in [-0.15, -0.1) is 11.3 Å². The summed E-state index contributed by atoms with van der Waals surface area (Å²) in [6, 6.07) is 4.95. The molecule has 1 aromatic heterocycles. The number of hydrogen-bond acceptors (Lipinski definition) is 5. The first-order valence-electron chi connectivity index (χ1n) is 5.32. The number of thiazole rings is 1. The molecule has 1 aromatic carbocycles. The first-order chi connectivity index (χ1) is 9.10. The summed E-state index contributed by atoms with van der Waals surface area (Å²) in [5.74, 6) is -0.414. The number of halogens is 2. The lowest BCUT2D eigenvalue weighted by molar-refractivity contribution is 0.0601. The minimum absolute atomic E-state index is 0.414. The molecule has 7 heteroatoms. The molecule has 0 aliphatic rings. The van der Waals surface area contributed by atoms with Crippen molar-refractivity contribution in [2.45, 2.75) is 6.54 Å². The van der Waals surface area contributed by atoms with Crippen molar-refractivity contribution in [2.75, 3.05) is 12.4 Å². The van der Waals surface area contributed by atoms with E-state index in [1.807, 2.05) is 0 Å². The highest BCUT2D eigenvalue weighted by molar-refractivity contribution is 7.15. The maximum Gasteiger partial charge on any atom is 0.337 e. The van der Waals surface area contributed by atoms with Crippen molar-refractivity contribution in [1.29, 1.82) is 0 Å². The predicted molar refractivity (Wildman–Crippen MR) is 77.2 cm³/mol. The van der Waals surface area contributed by atoms with Crippen LogP contribution in [0.25, 0.3) is 0 Å². The van der Waals surface area contributed by atoms with Crippen molar-refractivity contribution in [1.82, 2.24) is 4.98 Å². The number of anilines is 1. The van der Waals surface area contributed by atoms with E-state index in [0.29, 0.717) is 21.6 Å². The molecule has 0 atom stereocenters. The van der Waals surface area contributed by atoms with Crippen LogP contribution in [0.15, 0.2) is 24.4 Å². The summed E-state index contributed by atoms with van der Waals surface area (Å²) >= 11 is 13.2. The van der Waals surface area contributed by atoms with Gasteiger partial charge in [0, 0.05) is 11.1 Å². The average molecular weight is 317 g/mol. The Morgan fingerprint density at radius 2 is 2.26 bits per heavy atom. The number of nitrogens with one attached hydrogen (secondary N) is 1. The Labute approximate surface area is 124 Å². The molecule has 2 rings (SSSR count). The minimum Gasteiger partial charge on any atom is -0.465 e. The Hall–Kier alpha value is -1.30. The molecule has 1 N–H and O–H groups in total. The third-order valence-corrected chi connectivity index (χ3v) is 3.80. The van der Waals surface area contributed by atoms with Crippen LogP contribution in [0.4, 0.5) is 5.69 Å². The lowest BCUT2D eigenvalue weighted by Gasteiger charge is -2.08. The molecule has 4 nitrogen and oxygen atoms in total. The van der Waals surface area contributed by atoms with Gasteiger partial charge in [-0.25, -0.2) is 9.78 Å². The summed E-state index contributed by atoms with van der Waals surface area (Å²) in [7, 11) is 1.33. The average Bonchev–Trinajstić information content (AvgIpc) is 2.82. The van der Waals surface area contributed by atoms with Crippen molar-refractivity contribution >= 4 is 46.2 Å². The zero-order chi connectivity index (χ0) is 13.8. The van der Waals surface area contributed by atoms with Crippen LogP contribution in [0.1, 0.15) is 15.2 Å². The normalized spacial score (nSPS) is 10.3. The number of carbonyl (C=O) groups is 1. The number of aromatic nitrogens is 1. The van der Waals surface area contributed by atoms with Gasteiger partial charge in [-0.05, 0) is 18.2 Å². The Morgan fingerprint density at radius 3 is 2.84 bits per heavy atom. The number of rotatable bonds is 4. The summed E-state index contributed by atoms with van der Waals surface area (Å²) < 4.78 is 5.13. The molecule has 19 heavy (non-hydrogen) atoms. The molecular weight excluding hydrogens is 307 g/mol.